The summed E-state index contributed by atoms with van der Waals surface area (Å²) in [6.07, 6.45) is 1.37. The van der Waals surface area contributed by atoms with E-state index in [1.54, 1.807) is 7.11 Å². The number of morpholine rings is 1. The maximum Gasteiger partial charge on any atom is 0.172 e. The van der Waals surface area contributed by atoms with Gasteiger partial charge in [-0.15, -0.1) is 0 Å². The van der Waals surface area contributed by atoms with Gasteiger partial charge in [0.05, 0.1) is 24.3 Å². The van der Waals surface area contributed by atoms with E-state index in [0.29, 0.717) is 16.3 Å². The molecule has 2 rings (SSSR count). The zero-order chi connectivity index (χ0) is 13.8. The van der Waals surface area contributed by atoms with Crippen LogP contribution in [0.5, 0.6) is 11.5 Å². The van der Waals surface area contributed by atoms with Crippen molar-refractivity contribution in [2.75, 3.05) is 26.8 Å². The van der Waals surface area contributed by atoms with Crippen molar-refractivity contribution < 1.29 is 14.6 Å². The molecule has 4 nitrogen and oxygen atoms in total. The average Bonchev–Trinajstić information content (AvgIpc) is 2.43. The van der Waals surface area contributed by atoms with Crippen LogP contribution >= 0.6 is 15.9 Å². The van der Waals surface area contributed by atoms with Crippen LogP contribution in [0.15, 0.2) is 16.6 Å². The summed E-state index contributed by atoms with van der Waals surface area (Å²) in [4.78, 5) is 2.37. The molecule has 5 heteroatoms. The van der Waals surface area contributed by atoms with Crippen LogP contribution in [-0.2, 0) is 11.3 Å². The highest BCUT2D eigenvalue weighted by Crippen LogP contribution is 2.35. The fourth-order valence-corrected chi connectivity index (χ4v) is 2.79. The number of ether oxygens (including phenoxy) is 2. The molecule has 0 aliphatic carbocycles. The largest absolute Gasteiger partial charge is 0.503 e. The van der Waals surface area contributed by atoms with Crippen LogP contribution in [0.3, 0.4) is 0 Å². The lowest BCUT2D eigenvalue weighted by molar-refractivity contribution is -0.0324. The summed E-state index contributed by atoms with van der Waals surface area (Å²) in [7, 11) is 1.56. The maximum absolute atomic E-state index is 9.80. The summed E-state index contributed by atoms with van der Waals surface area (Å²) in [5.74, 6) is 0.657. The standard InChI is InChI=1S/C14H20BrNO3/c1-3-11-9-16(4-5-19-11)8-10-6-12(15)14(17)13(7-10)18-2/h6-7,11,17H,3-5,8-9H2,1-2H3. The van der Waals surface area contributed by atoms with Gasteiger partial charge in [0.2, 0.25) is 0 Å². The van der Waals surface area contributed by atoms with Gasteiger partial charge in [0.1, 0.15) is 0 Å². The summed E-state index contributed by atoms with van der Waals surface area (Å²) in [6, 6.07) is 3.82. The number of methoxy groups -OCH3 is 1. The third-order valence-corrected chi connectivity index (χ3v) is 4.00. The zero-order valence-electron chi connectivity index (χ0n) is 11.4. The summed E-state index contributed by atoms with van der Waals surface area (Å²) < 4.78 is 11.5. The minimum Gasteiger partial charge on any atom is -0.503 e. The highest BCUT2D eigenvalue weighted by Gasteiger charge is 2.19. The third kappa shape index (κ3) is 3.61. The quantitative estimate of drug-likeness (QED) is 0.922. The second-order valence-corrected chi connectivity index (χ2v) is 5.62. The van der Waals surface area contributed by atoms with Gasteiger partial charge in [-0.1, -0.05) is 6.92 Å². The van der Waals surface area contributed by atoms with E-state index in [9.17, 15) is 5.11 Å². The summed E-state index contributed by atoms with van der Waals surface area (Å²) in [5.41, 5.74) is 1.12. The number of nitrogens with zero attached hydrogens (tertiary/aromatic N) is 1. The van der Waals surface area contributed by atoms with Crippen LogP contribution in [-0.4, -0.2) is 42.9 Å². The number of aromatic hydroxyl groups is 1. The molecule has 1 N–H and O–H groups in total. The molecule has 0 spiro atoms. The Morgan fingerprint density at radius 3 is 3.00 bits per heavy atom. The van der Waals surface area contributed by atoms with Crippen molar-refractivity contribution >= 4 is 15.9 Å². The molecule has 106 valence electrons. The van der Waals surface area contributed by atoms with Gasteiger partial charge in [-0.3, -0.25) is 4.90 Å². The first-order valence-electron chi connectivity index (χ1n) is 6.53. The van der Waals surface area contributed by atoms with Crippen molar-refractivity contribution in [2.45, 2.75) is 26.0 Å². The van der Waals surface area contributed by atoms with Crippen LogP contribution in [0.25, 0.3) is 0 Å². The molecule has 1 aromatic rings. The Bertz CT molecular complexity index is 439. The first kappa shape index (κ1) is 14.6. The third-order valence-electron chi connectivity index (χ3n) is 3.39. The Morgan fingerprint density at radius 1 is 1.53 bits per heavy atom. The molecule has 1 aromatic carbocycles. The van der Waals surface area contributed by atoms with Crippen molar-refractivity contribution in [3.05, 3.63) is 22.2 Å². The van der Waals surface area contributed by atoms with Crippen LogP contribution < -0.4 is 4.74 Å². The molecule has 1 unspecified atom stereocenters. The van der Waals surface area contributed by atoms with Gasteiger partial charge < -0.3 is 14.6 Å². The number of benzene rings is 1. The van der Waals surface area contributed by atoms with Gasteiger partial charge in [-0.2, -0.15) is 0 Å². The van der Waals surface area contributed by atoms with Crippen LogP contribution in [0.2, 0.25) is 0 Å². The second-order valence-electron chi connectivity index (χ2n) is 4.76. The average molecular weight is 330 g/mol. The number of phenolic OH excluding ortho intramolecular Hbond substituents is 1. The van der Waals surface area contributed by atoms with Gasteiger partial charge in [0.15, 0.2) is 11.5 Å². The highest BCUT2D eigenvalue weighted by atomic mass is 79.9. The molecule has 0 aromatic heterocycles. The van der Waals surface area contributed by atoms with E-state index < -0.39 is 0 Å². The Hall–Kier alpha value is -0.780. The van der Waals surface area contributed by atoms with E-state index in [1.165, 1.54) is 0 Å². The Morgan fingerprint density at radius 2 is 2.32 bits per heavy atom. The minimum atomic E-state index is 0.152. The van der Waals surface area contributed by atoms with Gasteiger partial charge in [0, 0.05) is 19.6 Å². The molecule has 0 amide bonds. The summed E-state index contributed by atoms with van der Waals surface area (Å²) in [5, 5.41) is 9.80. The predicted octanol–water partition coefficient (Wildman–Crippen LogP) is 2.77. The van der Waals surface area contributed by atoms with E-state index in [2.05, 4.69) is 27.8 Å². The van der Waals surface area contributed by atoms with E-state index in [4.69, 9.17) is 9.47 Å². The van der Waals surface area contributed by atoms with Crippen LogP contribution in [0.1, 0.15) is 18.9 Å². The topological polar surface area (TPSA) is 41.9 Å². The monoisotopic (exact) mass is 329 g/mol. The van der Waals surface area contributed by atoms with E-state index in [1.807, 2.05) is 12.1 Å². The van der Waals surface area contributed by atoms with E-state index >= 15 is 0 Å². The zero-order valence-corrected chi connectivity index (χ0v) is 12.9. The maximum atomic E-state index is 9.80. The fraction of sp³-hybridized carbons (Fsp3) is 0.571. The van der Waals surface area contributed by atoms with Gasteiger partial charge in [-0.25, -0.2) is 0 Å². The van der Waals surface area contributed by atoms with Crippen molar-refractivity contribution in [1.82, 2.24) is 4.90 Å². The molecule has 0 saturated carbocycles. The number of rotatable bonds is 4. The molecule has 0 bridgehead atoms. The Kier molecular flexibility index (Phi) is 5.07. The smallest absolute Gasteiger partial charge is 0.172 e. The van der Waals surface area contributed by atoms with Crippen molar-refractivity contribution in [1.29, 1.82) is 0 Å². The molecule has 1 saturated heterocycles. The number of halogens is 1. The van der Waals surface area contributed by atoms with Crippen LogP contribution in [0.4, 0.5) is 0 Å². The minimum absolute atomic E-state index is 0.152. The predicted molar refractivity (Wildman–Crippen MR) is 77.7 cm³/mol. The highest BCUT2D eigenvalue weighted by molar-refractivity contribution is 9.10. The van der Waals surface area contributed by atoms with Crippen molar-refractivity contribution in [3.8, 4) is 11.5 Å². The first-order chi connectivity index (χ1) is 9.13. The lowest BCUT2D eigenvalue weighted by Crippen LogP contribution is -2.41. The Balaban J connectivity index is 2.08. The molecular weight excluding hydrogens is 310 g/mol. The second kappa shape index (κ2) is 6.59. The molecular formula is C14H20BrNO3. The number of hydrogen-bond donors (Lipinski definition) is 1. The van der Waals surface area contributed by atoms with Gasteiger partial charge >= 0.3 is 0 Å². The van der Waals surface area contributed by atoms with E-state index in [0.717, 1.165) is 38.2 Å². The molecule has 1 atom stereocenters. The van der Waals surface area contributed by atoms with Crippen molar-refractivity contribution in [3.63, 3.8) is 0 Å². The molecule has 0 radical (unpaired) electrons. The summed E-state index contributed by atoms with van der Waals surface area (Å²) in [6.45, 7) is 5.67. The number of hydrogen-bond acceptors (Lipinski definition) is 4. The molecule has 1 aliphatic rings. The summed E-state index contributed by atoms with van der Waals surface area (Å²) >= 11 is 3.35. The first-order valence-corrected chi connectivity index (χ1v) is 7.32. The molecule has 19 heavy (non-hydrogen) atoms. The lowest BCUT2D eigenvalue weighted by atomic mass is 10.1. The van der Waals surface area contributed by atoms with Crippen LogP contribution in [0, 0.1) is 0 Å². The number of phenols is 1. The Labute approximate surface area is 122 Å². The molecule has 1 heterocycles. The van der Waals surface area contributed by atoms with Crippen molar-refractivity contribution in [2.24, 2.45) is 0 Å². The van der Waals surface area contributed by atoms with E-state index in [-0.39, 0.29) is 5.75 Å². The van der Waals surface area contributed by atoms with Gasteiger partial charge in [-0.05, 0) is 40.0 Å². The van der Waals surface area contributed by atoms with Gasteiger partial charge in [0.25, 0.3) is 0 Å². The SMILES string of the molecule is CCC1CN(Cc2cc(Br)c(O)c(OC)c2)CCO1. The lowest BCUT2D eigenvalue weighted by Gasteiger charge is -2.32. The molecule has 1 aliphatic heterocycles. The molecule has 1 fully saturated rings. The fourth-order valence-electron chi connectivity index (χ4n) is 2.30. The normalized spacial score (nSPS) is 20.5.